The van der Waals surface area contributed by atoms with Crippen molar-refractivity contribution >= 4 is 60.9 Å². The maximum atomic E-state index is 12.9. The summed E-state index contributed by atoms with van der Waals surface area (Å²) >= 11 is 7.73. The minimum Gasteiger partial charge on any atom is -0.375 e. The first kappa shape index (κ1) is 16.0. The van der Waals surface area contributed by atoms with E-state index in [1.807, 2.05) is 27.7 Å². The van der Waals surface area contributed by atoms with Gasteiger partial charge in [0.05, 0.1) is 16.0 Å². The smallest absolute Gasteiger partial charge is 0.267 e. The van der Waals surface area contributed by atoms with Gasteiger partial charge in [0.2, 0.25) is 0 Å². The number of thiocarbonyl (C=S) groups is 1. The Labute approximate surface area is 145 Å². The Morgan fingerprint density at radius 3 is 2.70 bits per heavy atom. The zero-order chi connectivity index (χ0) is 16.9. The molecule has 0 aliphatic heterocycles. The molecule has 0 saturated heterocycles. The molecule has 23 heavy (non-hydrogen) atoms. The van der Waals surface area contributed by atoms with E-state index in [-0.39, 0.29) is 10.7 Å². The number of aromatic nitrogens is 2. The number of fused-ring (bicyclic) bond motifs is 2. The summed E-state index contributed by atoms with van der Waals surface area (Å²) in [5.41, 5.74) is 10.5. The van der Waals surface area contributed by atoms with Crippen molar-refractivity contribution in [2.24, 2.45) is 10.8 Å². The summed E-state index contributed by atoms with van der Waals surface area (Å²) in [7, 11) is 0. The second-order valence-corrected chi connectivity index (χ2v) is 7.81. The summed E-state index contributed by atoms with van der Waals surface area (Å²) < 4.78 is 1.65. The van der Waals surface area contributed by atoms with Crippen LogP contribution in [0.2, 0.25) is 0 Å². The second kappa shape index (κ2) is 5.66. The summed E-state index contributed by atoms with van der Waals surface area (Å²) in [6.45, 7) is 7.70. The fourth-order valence-electron chi connectivity index (χ4n) is 2.43. The topological polar surface area (TPSA) is 84.8 Å². The summed E-state index contributed by atoms with van der Waals surface area (Å²) in [5.74, 6) is 0. The van der Waals surface area contributed by atoms with Crippen LogP contribution < -0.4 is 16.7 Å². The molecule has 3 aromatic rings. The van der Waals surface area contributed by atoms with E-state index in [2.05, 4.69) is 15.5 Å². The lowest BCUT2D eigenvalue weighted by Crippen LogP contribution is -2.25. The van der Waals surface area contributed by atoms with Crippen LogP contribution in [0.15, 0.2) is 9.90 Å². The third-order valence-corrected chi connectivity index (χ3v) is 6.14. The van der Waals surface area contributed by atoms with Gasteiger partial charge in [-0.1, -0.05) is 11.3 Å². The largest absolute Gasteiger partial charge is 0.375 e. The Morgan fingerprint density at radius 2 is 2.04 bits per heavy atom. The Kier molecular flexibility index (Phi) is 3.95. The number of nitrogens with one attached hydrogen (secondary N) is 1. The molecule has 0 fully saturated rings. The number of aryl methyl sites for hydroxylation is 3. The van der Waals surface area contributed by atoms with Gasteiger partial charge in [0.1, 0.15) is 4.83 Å². The van der Waals surface area contributed by atoms with Crippen LogP contribution in [0.25, 0.3) is 15.2 Å². The van der Waals surface area contributed by atoms with Crippen LogP contribution in [0.3, 0.4) is 0 Å². The van der Waals surface area contributed by atoms with Crippen LogP contribution >= 0.6 is 34.9 Å². The molecule has 3 heterocycles. The molecule has 0 aliphatic rings. The minimum absolute atomic E-state index is 0.0260. The third-order valence-electron chi connectivity index (χ3n) is 3.69. The molecule has 0 aromatic carbocycles. The normalized spacial score (nSPS) is 12.3. The van der Waals surface area contributed by atoms with Gasteiger partial charge in [-0.2, -0.15) is 5.10 Å². The molecular weight excluding hydrogens is 350 g/mol. The number of thiophene rings is 1. The number of nitrogens with two attached hydrogens (primary N) is 1. The first-order chi connectivity index (χ1) is 10.8. The van der Waals surface area contributed by atoms with E-state index in [4.69, 9.17) is 18.0 Å². The maximum absolute atomic E-state index is 12.9. The zero-order valence-corrected chi connectivity index (χ0v) is 15.5. The van der Waals surface area contributed by atoms with E-state index in [1.165, 1.54) is 11.3 Å². The van der Waals surface area contributed by atoms with Gasteiger partial charge in [0.25, 0.3) is 5.56 Å². The minimum atomic E-state index is -0.0260. The van der Waals surface area contributed by atoms with Gasteiger partial charge in [-0.05, 0) is 45.5 Å². The molecule has 3 aromatic heterocycles. The van der Waals surface area contributed by atoms with E-state index < -0.39 is 0 Å². The Bertz CT molecular complexity index is 1040. The highest BCUT2D eigenvalue weighted by atomic mass is 32.1. The van der Waals surface area contributed by atoms with Crippen molar-refractivity contribution in [3.63, 3.8) is 0 Å². The quantitative estimate of drug-likeness (QED) is 0.414. The Morgan fingerprint density at radius 1 is 1.35 bits per heavy atom. The van der Waals surface area contributed by atoms with E-state index in [1.54, 1.807) is 15.7 Å². The van der Waals surface area contributed by atoms with Gasteiger partial charge < -0.3 is 5.73 Å². The standard InChI is InChI=1S/C14H15N5OS3/c1-5-8(4)22-11-9(5)12(20)19-7(3)10(23-14(19)16-11)6(2)17-18-13(15)21/h1-4H3,(H3,15,18,21)/b17-6+. The maximum Gasteiger partial charge on any atom is 0.267 e. The zero-order valence-electron chi connectivity index (χ0n) is 13.1. The number of hydrazone groups is 1. The first-order valence-corrected chi connectivity index (χ1v) is 8.87. The molecule has 9 heteroatoms. The van der Waals surface area contributed by atoms with Crippen molar-refractivity contribution in [1.82, 2.24) is 14.8 Å². The second-order valence-electron chi connectivity index (χ2n) is 5.19. The molecule has 120 valence electrons. The van der Waals surface area contributed by atoms with Crippen molar-refractivity contribution in [2.45, 2.75) is 27.7 Å². The molecule has 3 N–H and O–H groups in total. The monoisotopic (exact) mass is 365 g/mol. The van der Waals surface area contributed by atoms with Gasteiger partial charge >= 0.3 is 0 Å². The number of rotatable bonds is 2. The molecular formula is C14H15N5OS3. The molecule has 0 atom stereocenters. The van der Waals surface area contributed by atoms with E-state index in [9.17, 15) is 4.79 Å². The molecule has 0 unspecified atom stereocenters. The lowest BCUT2D eigenvalue weighted by Gasteiger charge is -2.00. The Balaban J connectivity index is 2.29. The van der Waals surface area contributed by atoms with Crippen LogP contribution in [-0.4, -0.2) is 20.2 Å². The summed E-state index contributed by atoms with van der Waals surface area (Å²) in [6, 6.07) is 0. The number of hydrogen-bond donors (Lipinski definition) is 2. The van der Waals surface area contributed by atoms with Gasteiger partial charge in [-0.15, -0.1) is 11.3 Å². The van der Waals surface area contributed by atoms with E-state index in [0.717, 1.165) is 25.8 Å². The predicted molar refractivity (Wildman–Crippen MR) is 101 cm³/mol. The summed E-state index contributed by atoms with van der Waals surface area (Å²) in [6.07, 6.45) is 0. The molecule has 0 bridgehead atoms. The van der Waals surface area contributed by atoms with Crippen LogP contribution in [0.5, 0.6) is 0 Å². The lowest BCUT2D eigenvalue weighted by atomic mass is 10.2. The molecule has 0 spiro atoms. The average Bonchev–Trinajstić information content (AvgIpc) is 2.95. The highest BCUT2D eigenvalue weighted by Gasteiger charge is 2.18. The highest BCUT2D eigenvalue weighted by Crippen LogP contribution is 2.29. The highest BCUT2D eigenvalue weighted by molar-refractivity contribution is 7.80. The first-order valence-electron chi connectivity index (χ1n) is 6.83. The molecule has 0 saturated carbocycles. The Hall–Kier alpha value is -1.84. The van der Waals surface area contributed by atoms with Crippen LogP contribution in [0.1, 0.15) is 27.9 Å². The summed E-state index contributed by atoms with van der Waals surface area (Å²) in [5, 5.41) is 4.94. The van der Waals surface area contributed by atoms with Gasteiger partial charge in [0, 0.05) is 10.6 Å². The van der Waals surface area contributed by atoms with Crippen LogP contribution in [0, 0.1) is 20.8 Å². The van der Waals surface area contributed by atoms with Crippen molar-refractivity contribution in [2.75, 3.05) is 0 Å². The SMILES string of the molecule is C/C(=N\NC(N)=S)c1sc2nc3sc(C)c(C)c3c(=O)n2c1C. The fourth-order valence-corrected chi connectivity index (χ4v) is 4.62. The third kappa shape index (κ3) is 2.54. The molecule has 0 radical (unpaired) electrons. The molecule has 0 aliphatic carbocycles. The molecule has 6 nitrogen and oxygen atoms in total. The van der Waals surface area contributed by atoms with Gasteiger partial charge in [-0.3, -0.25) is 14.6 Å². The van der Waals surface area contributed by atoms with E-state index >= 15 is 0 Å². The molecule has 3 rings (SSSR count). The number of hydrogen-bond acceptors (Lipinski definition) is 6. The lowest BCUT2D eigenvalue weighted by molar-refractivity contribution is 1.02. The van der Waals surface area contributed by atoms with E-state index in [0.29, 0.717) is 16.1 Å². The predicted octanol–water partition coefficient (Wildman–Crippen LogP) is 2.45. The van der Waals surface area contributed by atoms with Crippen molar-refractivity contribution in [3.8, 4) is 0 Å². The summed E-state index contributed by atoms with van der Waals surface area (Å²) in [4.78, 5) is 21.0. The van der Waals surface area contributed by atoms with Crippen molar-refractivity contribution in [3.05, 3.63) is 31.4 Å². The number of thiazole rings is 1. The number of nitrogens with zero attached hydrogens (tertiary/aromatic N) is 3. The average molecular weight is 366 g/mol. The van der Waals surface area contributed by atoms with Crippen LogP contribution in [0.4, 0.5) is 0 Å². The van der Waals surface area contributed by atoms with Gasteiger partial charge in [-0.25, -0.2) is 4.98 Å². The van der Waals surface area contributed by atoms with Gasteiger partial charge in [0.15, 0.2) is 10.1 Å². The molecule has 0 amide bonds. The van der Waals surface area contributed by atoms with Crippen molar-refractivity contribution in [1.29, 1.82) is 0 Å². The van der Waals surface area contributed by atoms with Crippen LogP contribution in [-0.2, 0) is 0 Å². The fraction of sp³-hybridized carbons (Fsp3) is 0.286. The van der Waals surface area contributed by atoms with Crippen molar-refractivity contribution < 1.29 is 0 Å².